The predicted molar refractivity (Wildman–Crippen MR) is 179 cm³/mol. The zero-order chi connectivity index (χ0) is 32.6. The highest BCUT2D eigenvalue weighted by molar-refractivity contribution is 8.00. The number of nitrogens with two attached hydrogens (primary N) is 1. The van der Waals surface area contributed by atoms with Crippen molar-refractivity contribution >= 4 is 62.6 Å². The summed E-state index contributed by atoms with van der Waals surface area (Å²) in [5.41, 5.74) is 3.16. The minimum absolute atomic E-state index is 0.0463. The first-order valence-corrected chi connectivity index (χ1v) is 16.2. The molecule has 0 aromatic heterocycles. The van der Waals surface area contributed by atoms with E-state index in [0.29, 0.717) is 16.9 Å². The van der Waals surface area contributed by atoms with Gasteiger partial charge in [0.25, 0.3) is 11.8 Å². The van der Waals surface area contributed by atoms with Crippen molar-refractivity contribution in [2.45, 2.75) is 22.0 Å². The molecule has 0 saturated heterocycles. The SMILES string of the molecule is CC(Sc1ccc(NC(=O)/C(=C/c2ccc(N(C)C)cc2)NC(=O)c2ccccc2)cc1)C(=O)Nc1ccc(S(N)(=O)=O)cc1. The van der Waals surface area contributed by atoms with Gasteiger partial charge < -0.3 is 20.9 Å². The van der Waals surface area contributed by atoms with Crippen molar-refractivity contribution in [3.63, 3.8) is 0 Å². The van der Waals surface area contributed by atoms with Crippen LogP contribution in [0.2, 0.25) is 0 Å². The number of hydrogen-bond donors (Lipinski definition) is 4. The van der Waals surface area contributed by atoms with Gasteiger partial charge >= 0.3 is 0 Å². The van der Waals surface area contributed by atoms with E-state index >= 15 is 0 Å². The van der Waals surface area contributed by atoms with Gasteiger partial charge in [0.2, 0.25) is 15.9 Å². The van der Waals surface area contributed by atoms with Crippen LogP contribution in [0.1, 0.15) is 22.8 Å². The normalized spacial score (nSPS) is 12.1. The maximum atomic E-state index is 13.4. The average molecular weight is 644 g/mol. The third-order valence-electron chi connectivity index (χ3n) is 6.49. The highest BCUT2D eigenvalue weighted by atomic mass is 32.2. The Labute approximate surface area is 266 Å². The van der Waals surface area contributed by atoms with E-state index in [-0.39, 0.29) is 16.5 Å². The van der Waals surface area contributed by atoms with Crippen LogP contribution in [-0.2, 0) is 19.6 Å². The fraction of sp³-hybridized carbons (Fsp3) is 0.121. The van der Waals surface area contributed by atoms with Gasteiger partial charge in [0, 0.05) is 41.6 Å². The second kappa shape index (κ2) is 14.7. The molecule has 0 aliphatic rings. The zero-order valence-electron chi connectivity index (χ0n) is 24.9. The first kappa shape index (κ1) is 33.0. The van der Waals surface area contributed by atoms with Crippen LogP contribution in [-0.4, -0.2) is 45.5 Å². The molecular formula is C33H33N5O5S2. The van der Waals surface area contributed by atoms with Crippen LogP contribution in [0.15, 0.2) is 119 Å². The number of nitrogens with one attached hydrogen (secondary N) is 3. The smallest absolute Gasteiger partial charge is 0.272 e. The molecule has 0 aliphatic heterocycles. The molecule has 10 nitrogen and oxygen atoms in total. The number of thioether (sulfide) groups is 1. The average Bonchev–Trinajstić information content (AvgIpc) is 3.02. The van der Waals surface area contributed by atoms with Crippen molar-refractivity contribution in [3.8, 4) is 0 Å². The van der Waals surface area contributed by atoms with E-state index in [1.165, 1.54) is 36.0 Å². The summed E-state index contributed by atoms with van der Waals surface area (Å²) in [5.74, 6) is -1.19. The Morgan fingerprint density at radius 3 is 1.96 bits per heavy atom. The Balaban J connectivity index is 1.42. The van der Waals surface area contributed by atoms with Gasteiger partial charge in [-0.1, -0.05) is 30.3 Å². The first-order valence-electron chi connectivity index (χ1n) is 13.8. The molecule has 0 aliphatic carbocycles. The summed E-state index contributed by atoms with van der Waals surface area (Å²) >= 11 is 1.31. The Bertz CT molecular complexity index is 1790. The van der Waals surface area contributed by atoms with Gasteiger partial charge in [-0.05, 0) is 91.4 Å². The summed E-state index contributed by atoms with van der Waals surface area (Å²) in [7, 11) is 0.0452. The molecule has 0 heterocycles. The van der Waals surface area contributed by atoms with Crippen molar-refractivity contribution in [1.29, 1.82) is 0 Å². The van der Waals surface area contributed by atoms with Gasteiger partial charge in [-0.25, -0.2) is 13.6 Å². The number of anilines is 3. The molecule has 0 fully saturated rings. The minimum atomic E-state index is -3.82. The number of rotatable bonds is 11. The number of carbonyl (C=O) groups is 3. The lowest BCUT2D eigenvalue weighted by atomic mass is 10.1. The third kappa shape index (κ3) is 9.54. The van der Waals surface area contributed by atoms with Gasteiger partial charge in [0.05, 0.1) is 10.1 Å². The molecule has 4 aromatic carbocycles. The van der Waals surface area contributed by atoms with E-state index in [0.717, 1.165) is 16.1 Å². The topological polar surface area (TPSA) is 151 Å². The summed E-state index contributed by atoms with van der Waals surface area (Å²) in [6, 6.07) is 28.7. The lowest BCUT2D eigenvalue weighted by Gasteiger charge is -2.14. The second-order valence-electron chi connectivity index (χ2n) is 10.2. The van der Waals surface area contributed by atoms with Gasteiger partial charge in [0.15, 0.2) is 0 Å². The van der Waals surface area contributed by atoms with Gasteiger partial charge in [0.1, 0.15) is 5.70 Å². The molecule has 5 N–H and O–H groups in total. The van der Waals surface area contributed by atoms with Crippen LogP contribution < -0.4 is 26.0 Å². The van der Waals surface area contributed by atoms with Crippen molar-refractivity contribution < 1.29 is 22.8 Å². The van der Waals surface area contributed by atoms with Gasteiger partial charge in [-0.2, -0.15) is 0 Å². The number of sulfonamides is 1. The summed E-state index contributed by atoms with van der Waals surface area (Å²) in [5, 5.41) is 12.9. The molecule has 12 heteroatoms. The van der Waals surface area contributed by atoms with E-state index < -0.39 is 27.1 Å². The Kier molecular flexibility index (Phi) is 10.8. The van der Waals surface area contributed by atoms with Crippen molar-refractivity contribution in [2.24, 2.45) is 5.14 Å². The molecule has 1 atom stereocenters. The molecule has 0 radical (unpaired) electrons. The van der Waals surface area contributed by atoms with Crippen LogP contribution in [0.4, 0.5) is 17.1 Å². The highest BCUT2D eigenvalue weighted by Crippen LogP contribution is 2.26. The first-order chi connectivity index (χ1) is 21.4. The zero-order valence-corrected chi connectivity index (χ0v) is 26.5. The fourth-order valence-corrected chi connectivity index (χ4v) is 5.41. The number of primary sulfonamides is 1. The molecule has 232 valence electrons. The molecule has 0 bridgehead atoms. The molecule has 45 heavy (non-hydrogen) atoms. The molecule has 0 spiro atoms. The van der Waals surface area contributed by atoms with Crippen molar-refractivity contribution in [3.05, 3.63) is 120 Å². The molecule has 4 rings (SSSR count). The number of nitrogens with zero attached hydrogens (tertiary/aromatic N) is 1. The minimum Gasteiger partial charge on any atom is -0.378 e. The second-order valence-corrected chi connectivity index (χ2v) is 13.1. The molecule has 1 unspecified atom stereocenters. The summed E-state index contributed by atoms with van der Waals surface area (Å²) in [6.07, 6.45) is 1.61. The summed E-state index contributed by atoms with van der Waals surface area (Å²) in [6.45, 7) is 1.74. The molecule has 0 saturated carbocycles. The van der Waals surface area contributed by atoms with E-state index in [9.17, 15) is 22.8 Å². The fourth-order valence-electron chi connectivity index (χ4n) is 4.02. The van der Waals surface area contributed by atoms with E-state index in [2.05, 4.69) is 16.0 Å². The molecule has 3 amide bonds. The number of hydrogen-bond acceptors (Lipinski definition) is 7. The number of carbonyl (C=O) groups excluding carboxylic acids is 3. The quantitative estimate of drug-likeness (QED) is 0.134. The van der Waals surface area contributed by atoms with Crippen molar-refractivity contribution in [2.75, 3.05) is 29.6 Å². The lowest BCUT2D eigenvalue weighted by Crippen LogP contribution is -2.30. The maximum absolute atomic E-state index is 13.4. The number of amides is 3. The Morgan fingerprint density at radius 1 is 0.800 bits per heavy atom. The standard InChI is InChI=1S/C33H33N5O5S2/c1-22(31(39)35-26-13-19-29(20-14-26)45(34,42)43)44-28-17-11-25(12-18-28)36-33(41)30(37-32(40)24-7-5-4-6-8-24)21-23-9-15-27(16-10-23)38(2)3/h4-22H,1-3H3,(H,35,39)(H,36,41)(H,37,40)(H2,34,42,43)/b30-21-. The van der Waals surface area contributed by atoms with E-state index in [1.807, 2.05) is 43.3 Å². The summed E-state index contributed by atoms with van der Waals surface area (Å²) < 4.78 is 22.9. The molecule has 4 aromatic rings. The number of benzene rings is 4. The van der Waals surface area contributed by atoms with E-state index in [1.54, 1.807) is 67.6 Å². The van der Waals surface area contributed by atoms with Crippen LogP contribution >= 0.6 is 11.8 Å². The summed E-state index contributed by atoms with van der Waals surface area (Å²) in [4.78, 5) is 41.7. The molecular weight excluding hydrogens is 611 g/mol. The van der Waals surface area contributed by atoms with Gasteiger partial charge in [-0.3, -0.25) is 14.4 Å². The van der Waals surface area contributed by atoms with Crippen LogP contribution in [0.25, 0.3) is 6.08 Å². The van der Waals surface area contributed by atoms with E-state index in [4.69, 9.17) is 5.14 Å². The third-order valence-corrected chi connectivity index (χ3v) is 8.54. The lowest BCUT2D eigenvalue weighted by molar-refractivity contribution is -0.115. The Morgan fingerprint density at radius 2 is 1.38 bits per heavy atom. The predicted octanol–water partition coefficient (Wildman–Crippen LogP) is 4.93. The van der Waals surface area contributed by atoms with Crippen LogP contribution in [0.3, 0.4) is 0 Å². The van der Waals surface area contributed by atoms with Crippen molar-refractivity contribution in [1.82, 2.24) is 5.32 Å². The highest BCUT2D eigenvalue weighted by Gasteiger charge is 2.17. The Hall–Kier alpha value is -4.91. The largest absolute Gasteiger partial charge is 0.378 e. The van der Waals surface area contributed by atoms with Gasteiger partial charge in [-0.15, -0.1) is 11.8 Å². The van der Waals surface area contributed by atoms with Crippen LogP contribution in [0.5, 0.6) is 0 Å². The van der Waals surface area contributed by atoms with Crippen LogP contribution in [0, 0.1) is 0 Å². The maximum Gasteiger partial charge on any atom is 0.272 e. The monoisotopic (exact) mass is 643 g/mol.